The van der Waals surface area contributed by atoms with E-state index in [0.29, 0.717) is 17.5 Å². The summed E-state index contributed by atoms with van der Waals surface area (Å²) in [5.74, 6) is 0.246. The molecule has 0 spiro atoms. The highest BCUT2D eigenvalue weighted by Crippen LogP contribution is 2.27. The zero-order chi connectivity index (χ0) is 12.3. The third kappa shape index (κ3) is 3.77. The molecule has 0 bridgehead atoms. The molecule has 0 radical (unpaired) electrons. The topological polar surface area (TPSA) is 35.2 Å². The first kappa shape index (κ1) is 12.9. The van der Waals surface area contributed by atoms with Gasteiger partial charge in [-0.3, -0.25) is 0 Å². The molecule has 1 rings (SSSR count). The third-order valence-electron chi connectivity index (χ3n) is 2.15. The van der Waals surface area contributed by atoms with E-state index < -0.39 is 12.2 Å². The summed E-state index contributed by atoms with van der Waals surface area (Å²) in [6, 6.07) is 5.32. The standard InChI is InChI=1S/C12H17F2NO/c1-8-5-4-6-9(7-12(2,3)15)10(8)16-11(13)14/h4-6,11H,7,15H2,1-3H3. The van der Waals surface area contributed by atoms with Crippen LogP contribution in [0.2, 0.25) is 0 Å². The molecule has 0 fully saturated rings. The van der Waals surface area contributed by atoms with Gasteiger partial charge in [0.1, 0.15) is 5.75 Å². The van der Waals surface area contributed by atoms with E-state index in [9.17, 15) is 8.78 Å². The summed E-state index contributed by atoms with van der Waals surface area (Å²) in [6.45, 7) is 2.63. The lowest BCUT2D eigenvalue weighted by Crippen LogP contribution is -2.34. The maximum Gasteiger partial charge on any atom is 0.387 e. The van der Waals surface area contributed by atoms with Gasteiger partial charge in [-0.15, -0.1) is 0 Å². The second-order valence-electron chi connectivity index (χ2n) is 4.61. The number of aryl methyl sites for hydroxylation is 1. The highest BCUT2D eigenvalue weighted by Gasteiger charge is 2.18. The molecule has 0 aromatic heterocycles. The van der Waals surface area contributed by atoms with Gasteiger partial charge >= 0.3 is 6.61 Å². The second-order valence-corrected chi connectivity index (χ2v) is 4.61. The molecule has 0 unspecified atom stereocenters. The van der Waals surface area contributed by atoms with Crippen LogP contribution in [0.5, 0.6) is 5.75 Å². The number of rotatable bonds is 4. The van der Waals surface area contributed by atoms with E-state index in [2.05, 4.69) is 4.74 Å². The largest absolute Gasteiger partial charge is 0.434 e. The van der Waals surface area contributed by atoms with Crippen LogP contribution in [0.1, 0.15) is 25.0 Å². The predicted octanol–water partition coefficient (Wildman–Crippen LogP) is 2.88. The molecule has 16 heavy (non-hydrogen) atoms. The molecule has 0 amide bonds. The number of para-hydroxylation sites is 1. The number of benzene rings is 1. The molecular formula is C12H17F2NO. The van der Waals surface area contributed by atoms with Crippen LogP contribution >= 0.6 is 0 Å². The van der Waals surface area contributed by atoms with Crippen LogP contribution in [-0.2, 0) is 6.42 Å². The Hall–Kier alpha value is -1.16. The molecule has 0 saturated carbocycles. The van der Waals surface area contributed by atoms with E-state index >= 15 is 0 Å². The fourth-order valence-electron chi connectivity index (χ4n) is 1.60. The maximum atomic E-state index is 12.3. The number of nitrogens with two attached hydrogens (primary N) is 1. The average molecular weight is 229 g/mol. The van der Waals surface area contributed by atoms with E-state index in [-0.39, 0.29) is 5.75 Å². The van der Waals surface area contributed by atoms with Crippen molar-refractivity contribution in [2.75, 3.05) is 0 Å². The van der Waals surface area contributed by atoms with Gasteiger partial charge in [0.2, 0.25) is 0 Å². The molecule has 0 aliphatic heterocycles. The zero-order valence-electron chi connectivity index (χ0n) is 9.76. The van der Waals surface area contributed by atoms with Gasteiger partial charge in [-0.05, 0) is 38.3 Å². The van der Waals surface area contributed by atoms with Crippen LogP contribution in [0.15, 0.2) is 18.2 Å². The second kappa shape index (κ2) is 4.78. The molecule has 0 aliphatic rings. The highest BCUT2D eigenvalue weighted by molar-refractivity contribution is 5.41. The van der Waals surface area contributed by atoms with E-state index in [4.69, 9.17) is 5.73 Å². The minimum atomic E-state index is -2.80. The highest BCUT2D eigenvalue weighted by atomic mass is 19.3. The molecule has 1 aromatic rings. The number of hydrogen-bond donors (Lipinski definition) is 1. The minimum Gasteiger partial charge on any atom is -0.434 e. The molecule has 0 heterocycles. The zero-order valence-corrected chi connectivity index (χ0v) is 9.76. The third-order valence-corrected chi connectivity index (χ3v) is 2.15. The van der Waals surface area contributed by atoms with Gasteiger partial charge in [-0.25, -0.2) is 0 Å². The van der Waals surface area contributed by atoms with Crippen LogP contribution < -0.4 is 10.5 Å². The minimum absolute atomic E-state index is 0.246. The Morgan fingerprint density at radius 3 is 2.50 bits per heavy atom. The Morgan fingerprint density at radius 2 is 2.00 bits per heavy atom. The Bertz CT molecular complexity index is 359. The van der Waals surface area contributed by atoms with Crippen molar-refractivity contribution in [1.29, 1.82) is 0 Å². The van der Waals surface area contributed by atoms with E-state index in [1.54, 1.807) is 19.1 Å². The summed E-state index contributed by atoms with van der Waals surface area (Å²) < 4.78 is 29.1. The van der Waals surface area contributed by atoms with Crippen molar-refractivity contribution in [2.45, 2.75) is 39.3 Å². The fraction of sp³-hybridized carbons (Fsp3) is 0.500. The Balaban J connectivity index is 3.03. The SMILES string of the molecule is Cc1cccc(CC(C)(C)N)c1OC(F)F. The number of alkyl halides is 2. The van der Waals surface area contributed by atoms with Crippen molar-refractivity contribution in [3.05, 3.63) is 29.3 Å². The summed E-state index contributed by atoms with van der Waals surface area (Å²) in [5.41, 5.74) is 6.84. The smallest absolute Gasteiger partial charge is 0.387 e. The fourth-order valence-corrected chi connectivity index (χ4v) is 1.60. The lowest BCUT2D eigenvalue weighted by atomic mass is 9.94. The maximum absolute atomic E-state index is 12.3. The molecule has 0 aliphatic carbocycles. The van der Waals surface area contributed by atoms with Crippen molar-refractivity contribution in [3.8, 4) is 5.75 Å². The van der Waals surface area contributed by atoms with Crippen molar-refractivity contribution in [3.63, 3.8) is 0 Å². The van der Waals surface area contributed by atoms with Crippen LogP contribution in [0.25, 0.3) is 0 Å². The van der Waals surface area contributed by atoms with Gasteiger partial charge < -0.3 is 10.5 Å². The van der Waals surface area contributed by atoms with E-state index in [0.717, 1.165) is 0 Å². The number of hydrogen-bond acceptors (Lipinski definition) is 2. The Kier molecular flexibility index (Phi) is 3.86. The molecule has 0 saturated heterocycles. The monoisotopic (exact) mass is 229 g/mol. The van der Waals surface area contributed by atoms with Gasteiger partial charge in [-0.2, -0.15) is 8.78 Å². The summed E-state index contributed by atoms with van der Waals surface area (Å²) in [7, 11) is 0. The number of halogens is 2. The van der Waals surface area contributed by atoms with Crippen molar-refractivity contribution in [2.24, 2.45) is 5.73 Å². The van der Waals surface area contributed by atoms with E-state index in [1.165, 1.54) is 0 Å². The van der Waals surface area contributed by atoms with Crippen molar-refractivity contribution >= 4 is 0 Å². The van der Waals surface area contributed by atoms with Gasteiger partial charge in [0, 0.05) is 5.54 Å². The van der Waals surface area contributed by atoms with Crippen LogP contribution in [0.4, 0.5) is 8.78 Å². The molecule has 90 valence electrons. The summed E-state index contributed by atoms with van der Waals surface area (Å²) in [5, 5.41) is 0. The van der Waals surface area contributed by atoms with Gasteiger partial charge in [0.05, 0.1) is 0 Å². The first-order chi connectivity index (χ1) is 7.29. The van der Waals surface area contributed by atoms with Crippen LogP contribution in [0.3, 0.4) is 0 Å². The molecular weight excluding hydrogens is 212 g/mol. The quantitative estimate of drug-likeness (QED) is 0.861. The first-order valence-corrected chi connectivity index (χ1v) is 5.12. The predicted molar refractivity (Wildman–Crippen MR) is 59.8 cm³/mol. The Labute approximate surface area is 94.4 Å². The first-order valence-electron chi connectivity index (χ1n) is 5.12. The van der Waals surface area contributed by atoms with Crippen molar-refractivity contribution < 1.29 is 13.5 Å². The molecule has 0 atom stereocenters. The molecule has 2 N–H and O–H groups in total. The summed E-state index contributed by atoms with van der Waals surface area (Å²) >= 11 is 0. The van der Waals surface area contributed by atoms with Crippen molar-refractivity contribution in [1.82, 2.24) is 0 Å². The average Bonchev–Trinajstić information content (AvgIpc) is 2.08. The normalized spacial score (nSPS) is 11.9. The van der Waals surface area contributed by atoms with Crippen LogP contribution in [0, 0.1) is 6.92 Å². The van der Waals surface area contributed by atoms with Crippen LogP contribution in [-0.4, -0.2) is 12.2 Å². The summed E-state index contributed by atoms with van der Waals surface area (Å²) in [4.78, 5) is 0. The van der Waals surface area contributed by atoms with E-state index in [1.807, 2.05) is 19.9 Å². The Morgan fingerprint density at radius 1 is 1.38 bits per heavy atom. The molecule has 2 nitrogen and oxygen atoms in total. The lowest BCUT2D eigenvalue weighted by Gasteiger charge is -2.21. The number of ether oxygens (including phenoxy) is 1. The summed E-state index contributed by atoms with van der Waals surface area (Å²) in [6.07, 6.45) is 0.497. The molecule has 1 aromatic carbocycles. The molecule has 4 heteroatoms. The van der Waals surface area contributed by atoms with Gasteiger partial charge in [0.15, 0.2) is 0 Å². The lowest BCUT2D eigenvalue weighted by molar-refractivity contribution is -0.0510. The van der Waals surface area contributed by atoms with Gasteiger partial charge in [-0.1, -0.05) is 18.2 Å². The van der Waals surface area contributed by atoms with Gasteiger partial charge in [0.25, 0.3) is 0 Å².